The van der Waals surface area contributed by atoms with Crippen molar-refractivity contribution in [2.24, 2.45) is 5.92 Å². The van der Waals surface area contributed by atoms with E-state index in [4.69, 9.17) is 0 Å². The number of aliphatic hydroxyl groups excluding tert-OH is 1. The summed E-state index contributed by atoms with van der Waals surface area (Å²) in [4.78, 5) is 6.98. The Labute approximate surface area is 113 Å². The van der Waals surface area contributed by atoms with Gasteiger partial charge in [0.15, 0.2) is 0 Å². The van der Waals surface area contributed by atoms with Crippen molar-refractivity contribution in [2.75, 3.05) is 18.0 Å². The largest absolute Gasteiger partial charge is 0.392 e. The molecule has 0 amide bonds. The van der Waals surface area contributed by atoms with Gasteiger partial charge in [-0.1, -0.05) is 37.6 Å². The minimum absolute atomic E-state index is 0.0470. The second-order valence-corrected chi connectivity index (χ2v) is 5.32. The Morgan fingerprint density at radius 1 is 1.32 bits per heavy atom. The molecule has 1 aliphatic heterocycles. The van der Waals surface area contributed by atoms with Gasteiger partial charge in [0.05, 0.1) is 6.61 Å². The van der Waals surface area contributed by atoms with E-state index < -0.39 is 0 Å². The van der Waals surface area contributed by atoms with Crippen molar-refractivity contribution in [3.8, 4) is 0 Å². The molecule has 1 aromatic carbocycles. The van der Waals surface area contributed by atoms with Crippen molar-refractivity contribution in [3.05, 3.63) is 36.0 Å². The molecule has 1 fully saturated rings. The van der Waals surface area contributed by atoms with Crippen LogP contribution in [0.5, 0.6) is 0 Å². The second-order valence-electron chi connectivity index (χ2n) is 5.32. The third-order valence-corrected chi connectivity index (χ3v) is 4.19. The van der Waals surface area contributed by atoms with Crippen LogP contribution in [-0.4, -0.2) is 23.2 Å². The first-order valence-electron chi connectivity index (χ1n) is 7.06. The molecule has 3 rings (SSSR count). The Morgan fingerprint density at radius 2 is 2.11 bits per heavy atom. The lowest BCUT2D eigenvalue weighted by Gasteiger charge is -2.20. The van der Waals surface area contributed by atoms with Crippen LogP contribution in [0.4, 0.5) is 5.82 Å². The van der Waals surface area contributed by atoms with Crippen LogP contribution < -0.4 is 4.90 Å². The van der Waals surface area contributed by atoms with E-state index in [-0.39, 0.29) is 6.61 Å². The van der Waals surface area contributed by atoms with Crippen LogP contribution in [0.15, 0.2) is 30.5 Å². The summed E-state index contributed by atoms with van der Waals surface area (Å²) < 4.78 is 0. The zero-order valence-corrected chi connectivity index (χ0v) is 11.3. The van der Waals surface area contributed by atoms with Crippen LogP contribution in [-0.2, 0) is 6.61 Å². The fourth-order valence-corrected chi connectivity index (χ4v) is 2.97. The van der Waals surface area contributed by atoms with Crippen LogP contribution in [0, 0.1) is 5.92 Å². The summed E-state index contributed by atoms with van der Waals surface area (Å²) in [5, 5.41) is 11.7. The number of pyridine rings is 1. The van der Waals surface area contributed by atoms with Gasteiger partial charge in [0.1, 0.15) is 5.82 Å². The quantitative estimate of drug-likeness (QED) is 0.917. The van der Waals surface area contributed by atoms with Crippen LogP contribution in [0.25, 0.3) is 10.8 Å². The van der Waals surface area contributed by atoms with Gasteiger partial charge in [-0.05, 0) is 17.7 Å². The van der Waals surface area contributed by atoms with E-state index in [0.717, 1.165) is 41.2 Å². The van der Waals surface area contributed by atoms with Crippen molar-refractivity contribution in [3.63, 3.8) is 0 Å². The first-order valence-corrected chi connectivity index (χ1v) is 7.06. The standard InChI is InChI=1S/C16H20N2O/c1-2-12-7-8-18(10-12)16-15-6-4-3-5-14(15)13(11-19)9-17-16/h3-6,9,12,19H,2,7-8,10-11H2,1H3. The molecular formula is C16H20N2O. The maximum Gasteiger partial charge on any atom is 0.136 e. The number of anilines is 1. The minimum atomic E-state index is 0.0470. The highest BCUT2D eigenvalue weighted by Crippen LogP contribution is 2.31. The molecule has 2 heterocycles. The number of hydrogen-bond acceptors (Lipinski definition) is 3. The molecule has 1 unspecified atom stereocenters. The summed E-state index contributed by atoms with van der Waals surface area (Å²) in [5.74, 6) is 1.86. The van der Waals surface area contributed by atoms with Crippen LogP contribution in [0.1, 0.15) is 25.3 Å². The topological polar surface area (TPSA) is 36.4 Å². The van der Waals surface area contributed by atoms with E-state index >= 15 is 0 Å². The first-order chi connectivity index (χ1) is 9.33. The molecule has 0 bridgehead atoms. The van der Waals surface area contributed by atoms with Gasteiger partial charge in [-0.15, -0.1) is 0 Å². The lowest BCUT2D eigenvalue weighted by atomic mass is 10.1. The molecule has 1 saturated heterocycles. The van der Waals surface area contributed by atoms with E-state index in [0.29, 0.717) is 0 Å². The zero-order valence-electron chi connectivity index (χ0n) is 11.3. The van der Waals surface area contributed by atoms with Gasteiger partial charge in [-0.2, -0.15) is 0 Å². The van der Waals surface area contributed by atoms with E-state index in [1.165, 1.54) is 12.8 Å². The highest BCUT2D eigenvalue weighted by atomic mass is 16.3. The van der Waals surface area contributed by atoms with Crippen molar-refractivity contribution in [1.29, 1.82) is 0 Å². The third kappa shape index (κ3) is 2.19. The van der Waals surface area contributed by atoms with Gasteiger partial charge >= 0.3 is 0 Å². The highest BCUT2D eigenvalue weighted by molar-refractivity contribution is 5.94. The smallest absolute Gasteiger partial charge is 0.136 e. The maximum atomic E-state index is 9.42. The average molecular weight is 256 g/mol. The molecule has 19 heavy (non-hydrogen) atoms. The van der Waals surface area contributed by atoms with Gasteiger partial charge < -0.3 is 10.0 Å². The fraction of sp³-hybridized carbons (Fsp3) is 0.438. The third-order valence-electron chi connectivity index (χ3n) is 4.19. The summed E-state index contributed by atoms with van der Waals surface area (Å²) in [6.45, 7) is 4.50. The van der Waals surface area contributed by atoms with E-state index in [2.05, 4.69) is 28.9 Å². The molecule has 1 N–H and O–H groups in total. The summed E-state index contributed by atoms with van der Waals surface area (Å²) >= 11 is 0. The van der Waals surface area contributed by atoms with Crippen LogP contribution >= 0.6 is 0 Å². The molecule has 3 heteroatoms. The predicted octanol–water partition coefficient (Wildman–Crippen LogP) is 2.96. The second kappa shape index (κ2) is 5.17. The molecule has 0 spiro atoms. The lowest BCUT2D eigenvalue weighted by Crippen LogP contribution is -2.21. The molecule has 2 aromatic rings. The van der Waals surface area contributed by atoms with Crippen molar-refractivity contribution >= 4 is 16.6 Å². The Morgan fingerprint density at radius 3 is 2.79 bits per heavy atom. The first kappa shape index (κ1) is 12.4. The molecular weight excluding hydrogens is 236 g/mol. The number of aliphatic hydroxyl groups is 1. The van der Waals surface area contributed by atoms with Gasteiger partial charge in [-0.25, -0.2) is 4.98 Å². The zero-order chi connectivity index (χ0) is 13.2. The Hall–Kier alpha value is -1.61. The Kier molecular flexibility index (Phi) is 3.38. The number of rotatable bonds is 3. The number of nitrogens with zero attached hydrogens (tertiary/aromatic N) is 2. The van der Waals surface area contributed by atoms with Gasteiger partial charge in [0, 0.05) is 30.2 Å². The molecule has 3 nitrogen and oxygen atoms in total. The SMILES string of the molecule is CCC1CCN(c2ncc(CO)c3ccccc23)C1. The summed E-state index contributed by atoms with van der Waals surface area (Å²) in [6.07, 6.45) is 4.31. The maximum absolute atomic E-state index is 9.42. The average Bonchev–Trinajstić information content (AvgIpc) is 2.95. The lowest BCUT2D eigenvalue weighted by molar-refractivity contribution is 0.283. The fourth-order valence-electron chi connectivity index (χ4n) is 2.97. The highest BCUT2D eigenvalue weighted by Gasteiger charge is 2.23. The van der Waals surface area contributed by atoms with Crippen molar-refractivity contribution in [2.45, 2.75) is 26.4 Å². The molecule has 0 radical (unpaired) electrons. The molecule has 0 saturated carbocycles. The molecule has 0 aliphatic carbocycles. The molecule has 1 atom stereocenters. The number of hydrogen-bond donors (Lipinski definition) is 1. The summed E-state index contributed by atoms with van der Waals surface area (Å²) in [7, 11) is 0. The van der Waals surface area contributed by atoms with E-state index in [1.54, 1.807) is 0 Å². The Balaban J connectivity index is 2.05. The Bertz CT molecular complexity index is 582. The monoisotopic (exact) mass is 256 g/mol. The van der Waals surface area contributed by atoms with Gasteiger partial charge in [0.25, 0.3) is 0 Å². The van der Waals surface area contributed by atoms with Gasteiger partial charge in [0.2, 0.25) is 0 Å². The van der Waals surface area contributed by atoms with Crippen molar-refractivity contribution in [1.82, 2.24) is 4.98 Å². The molecule has 100 valence electrons. The van der Waals surface area contributed by atoms with Crippen LogP contribution in [0.2, 0.25) is 0 Å². The number of aromatic nitrogens is 1. The molecule has 1 aliphatic rings. The van der Waals surface area contributed by atoms with Gasteiger partial charge in [-0.3, -0.25) is 0 Å². The predicted molar refractivity (Wildman–Crippen MR) is 78.3 cm³/mol. The van der Waals surface area contributed by atoms with Crippen molar-refractivity contribution < 1.29 is 5.11 Å². The summed E-state index contributed by atoms with van der Waals surface area (Å²) in [6, 6.07) is 8.24. The summed E-state index contributed by atoms with van der Waals surface area (Å²) in [5.41, 5.74) is 0.908. The number of benzene rings is 1. The minimum Gasteiger partial charge on any atom is -0.392 e. The van der Waals surface area contributed by atoms with Crippen LogP contribution in [0.3, 0.4) is 0 Å². The number of fused-ring (bicyclic) bond motifs is 1. The molecule has 1 aromatic heterocycles. The normalized spacial score (nSPS) is 19.3. The van der Waals surface area contributed by atoms with E-state index in [9.17, 15) is 5.11 Å². The van der Waals surface area contributed by atoms with E-state index in [1.807, 2.05) is 18.3 Å².